The van der Waals surface area contributed by atoms with Crippen molar-refractivity contribution in [2.45, 2.75) is 167 Å². The van der Waals surface area contributed by atoms with Gasteiger partial charge in [0.25, 0.3) is 7.82 Å². The molecular weight excluding hydrogens is 750 g/mol. The monoisotopic (exact) mass is 832 g/mol. The van der Waals surface area contributed by atoms with Gasteiger partial charge in [-0.3, -0.25) is 9.36 Å². The predicted molar refractivity (Wildman–Crippen MR) is 239 cm³/mol. The number of hydrogen-bond donors (Lipinski definition) is 0. The van der Waals surface area contributed by atoms with Gasteiger partial charge in [-0.25, -0.2) is 0 Å². The second kappa shape index (κ2) is 36.3. The summed E-state index contributed by atoms with van der Waals surface area (Å²) in [6.07, 6.45) is 51.7. The molecule has 0 aromatic rings. The summed E-state index contributed by atoms with van der Waals surface area (Å²) in [4.78, 5) is 25.0. The Labute approximate surface area is 354 Å². The van der Waals surface area contributed by atoms with E-state index in [4.69, 9.17) is 23.3 Å². The number of allylic oxidation sites excluding steroid dienone is 11. The molecule has 1 heterocycles. The third kappa shape index (κ3) is 36.6. The number of ether oxygens (including phenoxy) is 3. The summed E-state index contributed by atoms with van der Waals surface area (Å²) in [6, 6.07) is 0. The van der Waals surface area contributed by atoms with Crippen LogP contribution in [0, 0.1) is 0 Å². The molecule has 1 rings (SSSR count). The van der Waals surface area contributed by atoms with Gasteiger partial charge in [-0.2, -0.15) is 0 Å². The average Bonchev–Trinajstić information content (AvgIpc) is 3.93. The number of unbranched alkanes of at least 4 members (excludes halogenated alkanes) is 11. The first-order valence-corrected chi connectivity index (χ1v) is 23.9. The zero-order valence-electron chi connectivity index (χ0n) is 37.2. The number of epoxide rings is 1. The van der Waals surface area contributed by atoms with E-state index in [0.717, 1.165) is 51.4 Å². The smallest absolute Gasteiger partial charge is 0.306 e. The molecule has 0 saturated carbocycles. The van der Waals surface area contributed by atoms with Crippen molar-refractivity contribution in [1.82, 2.24) is 0 Å². The first-order chi connectivity index (χ1) is 28.1. The molecule has 0 aromatic carbocycles. The molecule has 332 valence electrons. The van der Waals surface area contributed by atoms with Crippen LogP contribution in [0.25, 0.3) is 0 Å². The lowest BCUT2D eigenvalue weighted by Crippen LogP contribution is -2.37. The average molecular weight is 832 g/mol. The Morgan fingerprint density at radius 2 is 1.17 bits per heavy atom. The summed E-state index contributed by atoms with van der Waals surface area (Å²) in [5.74, 6) is -0.445. The Hall–Kier alpha value is -2.52. The van der Waals surface area contributed by atoms with Crippen molar-refractivity contribution < 1.29 is 42.0 Å². The molecule has 58 heavy (non-hydrogen) atoms. The summed E-state index contributed by atoms with van der Waals surface area (Å²) in [5, 5.41) is 0. The van der Waals surface area contributed by atoms with Gasteiger partial charge in [0.2, 0.25) is 0 Å². The number of carbonyl (C=O) groups is 1. The fourth-order valence-corrected chi connectivity index (χ4v) is 6.54. The second-order valence-corrected chi connectivity index (χ2v) is 17.5. The van der Waals surface area contributed by atoms with E-state index in [-0.39, 0.29) is 26.2 Å². The van der Waals surface area contributed by atoms with Gasteiger partial charge in [0.05, 0.1) is 46.2 Å². The first-order valence-electron chi connectivity index (χ1n) is 22.5. The van der Waals surface area contributed by atoms with Gasteiger partial charge in [0.15, 0.2) is 6.10 Å². The van der Waals surface area contributed by atoms with E-state index in [1.54, 1.807) is 6.26 Å². The van der Waals surface area contributed by atoms with Crippen LogP contribution in [0.15, 0.2) is 85.3 Å². The van der Waals surface area contributed by atoms with Crippen LogP contribution in [0.2, 0.25) is 0 Å². The fourth-order valence-electron chi connectivity index (χ4n) is 5.81. The molecule has 0 bridgehead atoms. The van der Waals surface area contributed by atoms with E-state index in [9.17, 15) is 14.3 Å². The van der Waals surface area contributed by atoms with Crippen LogP contribution in [0.4, 0.5) is 0 Å². The number of quaternary nitrogens is 1. The van der Waals surface area contributed by atoms with Gasteiger partial charge in [0.1, 0.15) is 19.8 Å². The number of likely N-dealkylation sites (N-methyl/N-ethyl adjacent to an activating group) is 1. The maximum atomic E-state index is 12.6. The summed E-state index contributed by atoms with van der Waals surface area (Å²) in [7, 11) is 1.25. The van der Waals surface area contributed by atoms with Crippen LogP contribution in [0.1, 0.15) is 149 Å². The zero-order chi connectivity index (χ0) is 42.4. The molecule has 0 radical (unpaired) electrons. The highest BCUT2D eigenvalue weighted by Crippen LogP contribution is 2.38. The highest BCUT2D eigenvalue weighted by Gasteiger charge is 2.35. The van der Waals surface area contributed by atoms with Gasteiger partial charge >= 0.3 is 5.97 Å². The maximum Gasteiger partial charge on any atom is 0.306 e. The van der Waals surface area contributed by atoms with E-state index >= 15 is 0 Å². The number of rotatable bonds is 39. The van der Waals surface area contributed by atoms with E-state index in [2.05, 4.69) is 74.6 Å². The number of esters is 1. The number of hydrogen-bond acceptors (Lipinski definition) is 8. The van der Waals surface area contributed by atoms with Crippen molar-refractivity contribution in [1.29, 1.82) is 0 Å². The summed E-state index contributed by atoms with van der Waals surface area (Å²) >= 11 is 0. The summed E-state index contributed by atoms with van der Waals surface area (Å²) < 4.78 is 39.9. The van der Waals surface area contributed by atoms with Crippen LogP contribution in [0.5, 0.6) is 0 Å². The van der Waals surface area contributed by atoms with Gasteiger partial charge < -0.3 is 32.6 Å². The Morgan fingerprint density at radius 1 is 0.655 bits per heavy atom. The molecule has 10 heteroatoms. The molecule has 0 amide bonds. The van der Waals surface area contributed by atoms with E-state index in [1.807, 2.05) is 39.4 Å². The lowest BCUT2D eigenvalue weighted by Gasteiger charge is -2.28. The SMILES string of the molecule is CC/C=C\CC1OC1C/C=C\C/C=C\C/C=C\C/C=C\CCC(=O)O[C@H](CO/C=C/CCCCCCCC/C=C\CCCCCC)COP(=O)([O-])OCC[N+](C)(C)C. The molecule has 1 saturated heterocycles. The third-order valence-corrected chi connectivity index (χ3v) is 10.4. The van der Waals surface area contributed by atoms with Gasteiger partial charge in [-0.05, 0) is 89.5 Å². The summed E-state index contributed by atoms with van der Waals surface area (Å²) in [6.45, 7) is 4.49. The Bertz CT molecular complexity index is 1260. The van der Waals surface area contributed by atoms with Gasteiger partial charge in [-0.15, -0.1) is 0 Å². The van der Waals surface area contributed by atoms with Crippen LogP contribution in [-0.2, 0) is 32.6 Å². The minimum Gasteiger partial charge on any atom is -0.756 e. The van der Waals surface area contributed by atoms with E-state index < -0.39 is 19.9 Å². The predicted octanol–water partition coefficient (Wildman–Crippen LogP) is 12.0. The maximum absolute atomic E-state index is 12.6. The first kappa shape index (κ1) is 53.5. The Kier molecular flexibility index (Phi) is 33.5. The number of carbonyl (C=O) groups excluding carboxylic acids is 1. The number of phosphoric acid groups is 1. The molecule has 3 unspecified atom stereocenters. The molecule has 0 spiro atoms. The molecule has 1 fully saturated rings. The molecular formula is C48H82NO8P. The standard InChI is InChI=1S/C48H82NO8P/c1-6-8-10-11-12-13-14-15-16-17-20-23-26-29-32-36-41-53-43-45(44-55-58(51,52)54-42-40-49(3,4)5)56-48(50)39-35-31-28-25-22-19-18-21-24-27-30-34-38-47-46(57-47)37-33-9-7-2/h9,13-14,19,21-22,24,28,30-31,33-34,36,41,45-47H,6-8,10-12,15-18,20,23,25-27,29,32,35,37-40,42-44H2,1-5H3/b14-13-,22-19-,24-21-,31-28-,33-9-,34-30-,41-36+/t45-,46?,47?/m1/s1. The number of nitrogens with zero attached hydrogens (tertiary/aromatic N) is 1. The van der Waals surface area contributed by atoms with Crippen molar-refractivity contribution in [3.63, 3.8) is 0 Å². The molecule has 9 nitrogen and oxygen atoms in total. The largest absolute Gasteiger partial charge is 0.756 e. The van der Waals surface area contributed by atoms with Crippen molar-refractivity contribution in [2.75, 3.05) is 47.5 Å². The third-order valence-electron chi connectivity index (χ3n) is 9.41. The van der Waals surface area contributed by atoms with Crippen molar-refractivity contribution in [2.24, 2.45) is 0 Å². The minimum atomic E-state index is -4.57. The molecule has 0 aliphatic carbocycles. The normalized spacial score (nSPS) is 18.0. The van der Waals surface area contributed by atoms with Gasteiger partial charge in [-0.1, -0.05) is 132 Å². The molecule has 0 N–H and O–H groups in total. The number of phosphoric ester groups is 1. The lowest BCUT2D eigenvalue weighted by molar-refractivity contribution is -0.870. The van der Waals surface area contributed by atoms with Crippen molar-refractivity contribution in [3.8, 4) is 0 Å². The van der Waals surface area contributed by atoms with E-state index in [0.29, 0.717) is 29.7 Å². The van der Waals surface area contributed by atoms with Crippen molar-refractivity contribution in [3.05, 3.63) is 85.3 Å². The highest BCUT2D eigenvalue weighted by molar-refractivity contribution is 7.45. The Balaban J connectivity index is 2.30. The lowest BCUT2D eigenvalue weighted by atomic mass is 10.1. The zero-order valence-corrected chi connectivity index (χ0v) is 38.0. The minimum absolute atomic E-state index is 0.00450. The Morgan fingerprint density at radius 3 is 1.76 bits per heavy atom. The van der Waals surface area contributed by atoms with Crippen LogP contribution >= 0.6 is 7.82 Å². The second-order valence-electron chi connectivity index (χ2n) is 16.1. The van der Waals surface area contributed by atoms with Crippen LogP contribution in [-0.4, -0.2) is 76.3 Å². The molecule has 1 aliphatic heterocycles. The molecule has 1 aliphatic rings. The molecule has 4 atom stereocenters. The summed E-state index contributed by atoms with van der Waals surface area (Å²) in [5.41, 5.74) is 0. The van der Waals surface area contributed by atoms with Crippen LogP contribution in [0.3, 0.4) is 0 Å². The highest BCUT2D eigenvalue weighted by atomic mass is 31.2. The van der Waals surface area contributed by atoms with Crippen molar-refractivity contribution >= 4 is 13.8 Å². The topological polar surface area (TPSA) is 107 Å². The fraction of sp³-hybridized carbons (Fsp3) is 0.688. The van der Waals surface area contributed by atoms with Gasteiger partial charge in [0, 0.05) is 6.42 Å². The molecule has 0 aromatic heterocycles. The quantitative estimate of drug-likeness (QED) is 0.0115. The van der Waals surface area contributed by atoms with Crippen LogP contribution < -0.4 is 4.89 Å². The van der Waals surface area contributed by atoms with E-state index in [1.165, 1.54) is 70.6 Å².